The van der Waals surface area contributed by atoms with E-state index in [0.717, 1.165) is 19.6 Å². The van der Waals surface area contributed by atoms with Gasteiger partial charge in [-0.1, -0.05) is 0 Å². The summed E-state index contributed by atoms with van der Waals surface area (Å²) in [4.78, 5) is 2.51. The highest BCUT2D eigenvalue weighted by molar-refractivity contribution is 5.04. The van der Waals surface area contributed by atoms with Crippen molar-refractivity contribution < 1.29 is 0 Å². The molecule has 2 rings (SSSR count). The lowest BCUT2D eigenvalue weighted by molar-refractivity contribution is 0.139. The average Bonchev–Trinajstić information content (AvgIpc) is 2.58. The fraction of sp³-hybridized carbons (Fsp3) is 0.727. The second kappa shape index (κ2) is 4.33. The Balaban J connectivity index is 1.98. The summed E-state index contributed by atoms with van der Waals surface area (Å²) in [6.45, 7) is 7.73. The van der Waals surface area contributed by atoms with Crippen LogP contribution in [-0.2, 0) is 13.6 Å². The fourth-order valence-corrected chi connectivity index (χ4v) is 2.11. The zero-order valence-electron chi connectivity index (χ0n) is 9.77. The Bertz CT molecular complexity index is 320. The molecule has 1 fully saturated rings. The lowest BCUT2D eigenvalue weighted by atomic mass is 10.1. The molecule has 1 N–H and O–H groups in total. The summed E-state index contributed by atoms with van der Waals surface area (Å²) in [7, 11) is 1.97. The van der Waals surface area contributed by atoms with Crippen LogP contribution in [-0.4, -0.2) is 39.9 Å². The van der Waals surface area contributed by atoms with Crippen LogP contribution in [0, 0.1) is 0 Å². The highest BCUT2D eigenvalue weighted by Gasteiger charge is 2.22. The molecule has 1 aliphatic heterocycles. The molecule has 4 nitrogen and oxygen atoms in total. The highest BCUT2D eigenvalue weighted by atomic mass is 15.3. The van der Waals surface area contributed by atoms with Crippen LogP contribution < -0.4 is 5.32 Å². The SMILES string of the molecule is CC1CN(Cc2cnn(C)c2)C(C)CN1. The van der Waals surface area contributed by atoms with Crippen LogP contribution in [0.2, 0.25) is 0 Å². The van der Waals surface area contributed by atoms with Crippen molar-refractivity contribution in [2.45, 2.75) is 32.5 Å². The van der Waals surface area contributed by atoms with Gasteiger partial charge in [-0.2, -0.15) is 5.10 Å². The first-order valence-electron chi connectivity index (χ1n) is 5.60. The normalized spacial score (nSPS) is 28.2. The van der Waals surface area contributed by atoms with Gasteiger partial charge >= 0.3 is 0 Å². The molecule has 0 amide bonds. The van der Waals surface area contributed by atoms with Crippen LogP contribution in [0.25, 0.3) is 0 Å². The molecule has 0 aromatic carbocycles. The number of aryl methyl sites for hydroxylation is 1. The van der Waals surface area contributed by atoms with Crippen LogP contribution >= 0.6 is 0 Å². The van der Waals surface area contributed by atoms with Crippen molar-refractivity contribution >= 4 is 0 Å². The second-order valence-corrected chi connectivity index (χ2v) is 4.61. The molecule has 0 aliphatic carbocycles. The smallest absolute Gasteiger partial charge is 0.0534 e. The monoisotopic (exact) mass is 208 g/mol. The van der Waals surface area contributed by atoms with Gasteiger partial charge in [0, 0.05) is 50.5 Å². The maximum atomic E-state index is 4.20. The van der Waals surface area contributed by atoms with Gasteiger partial charge in [0.2, 0.25) is 0 Å². The van der Waals surface area contributed by atoms with E-state index in [0.29, 0.717) is 12.1 Å². The first-order valence-corrected chi connectivity index (χ1v) is 5.60. The van der Waals surface area contributed by atoms with Gasteiger partial charge in [0.1, 0.15) is 0 Å². The van der Waals surface area contributed by atoms with E-state index >= 15 is 0 Å². The minimum absolute atomic E-state index is 0.595. The number of rotatable bonds is 2. The second-order valence-electron chi connectivity index (χ2n) is 4.61. The molecule has 0 spiro atoms. The summed E-state index contributed by atoms with van der Waals surface area (Å²) in [5.41, 5.74) is 1.30. The van der Waals surface area contributed by atoms with Gasteiger partial charge in [0.25, 0.3) is 0 Å². The van der Waals surface area contributed by atoms with Crippen LogP contribution in [0.4, 0.5) is 0 Å². The van der Waals surface area contributed by atoms with E-state index < -0.39 is 0 Å². The van der Waals surface area contributed by atoms with Gasteiger partial charge < -0.3 is 5.32 Å². The van der Waals surface area contributed by atoms with Crippen LogP contribution in [0.5, 0.6) is 0 Å². The summed E-state index contributed by atoms with van der Waals surface area (Å²) in [5.74, 6) is 0. The van der Waals surface area contributed by atoms with Crippen molar-refractivity contribution in [3.05, 3.63) is 18.0 Å². The predicted octanol–water partition coefficient (Wildman–Crippen LogP) is 0.602. The van der Waals surface area contributed by atoms with Crippen LogP contribution in [0.3, 0.4) is 0 Å². The quantitative estimate of drug-likeness (QED) is 0.772. The molecule has 1 aromatic heterocycles. The Morgan fingerprint density at radius 2 is 2.33 bits per heavy atom. The maximum Gasteiger partial charge on any atom is 0.0534 e. The van der Waals surface area contributed by atoms with Gasteiger partial charge in [-0.15, -0.1) is 0 Å². The molecule has 1 saturated heterocycles. The Labute approximate surface area is 91.3 Å². The van der Waals surface area contributed by atoms with Gasteiger partial charge in [-0.3, -0.25) is 9.58 Å². The number of hydrogen-bond donors (Lipinski definition) is 1. The van der Waals surface area contributed by atoms with Crippen molar-refractivity contribution in [2.24, 2.45) is 7.05 Å². The molecular formula is C11H20N4. The Kier molecular flexibility index (Phi) is 3.07. The Morgan fingerprint density at radius 3 is 3.00 bits per heavy atom. The Morgan fingerprint density at radius 1 is 1.53 bits per heavy atom. The molecule has 0 saturated carbocycles. The van der Waals surface area contributed by atoms with Crippen molar-refractivity contribution in [3.63, 3.8) is 0 Å². The topological polar surface area (TPSA) is 33.1 Å². The molecule has 84 valence electrons. The van der Waals surface area contributed by atoms with E-state index in [-0.39, 0.29) is 0 Å². The van der Waals surface area contributed by atoms with Crippen molar-refractivity contribution in [2.75, 3.05) is 13.1 Å². The summed E-state index contributed by atoms with van der Waals surface area (Å²) in [6, 6.07) is 1.21. The van der Waals surface area contributed by atoms with E-state index in [1.54, 1.807) is 0 Å². The first-order chi connectivity index (χ1) is 7.15. The number of aromatic nitrogens is 2. The number of hydrogen-bond acceptors (Lipinski definition) is 3. The van der Waals surface area contributed by atoms with E-state index in [1.165, 1.54) is 5.56 Å². The molecule has 2 heterocycles. The predicted molar refractivity (Wildman–Crippen MR) is 60.5 cm³/mol. The van der Waals surface area contributed by atoms with E-state index in [4.69, 9.17) is 0 Å². The number of nitrogens with one attached hydrogen (secondary N) is 1. The van der Waals surface area contributed by atoms with E-state index in [1.807, 2.05) is 17.9 Å². The first kappa shape index (κ1) is 10.6. The Hall–Kier alpha value is -0.870. The number of nitrogens with zero attached hydrogens (tertiary/aromatic N) is 3. The van der Waals surface area contributed by atoms with Gasteiger partial charge in [0.05, 0.1) is 6.20 Å². The van der Waals surface area contributed by atoms with Gasteiger partial charge in [-0.05, 0) is 13.8 Å². The molecule has 15 heavy (non-hydrogen) atoms. The lowest BCUT2D eigenvalue weighted by Gasteiger charge is -2.37. The minimum Gasteiger partial charge on any atom is -0.311 e. The molecule has 1 aromatic rings. The molecule has 0 radical (unpaired) electrons. The standard InChI is InChI=1S/C11H20N4/c1-9-6-15(10(2)4-12-9)8-11-5-13-14(3)7-11/h5,7,9-10,12H,4,6,8H2,1-3H3. The largest absolute Gasteiger partial charge is 0.311 e. The van der Waals surface area contributed by atoms with Crippen molar-refractivity contribution in [1.82, 2.24) is 20.0 Å². The third-order valence-electron chi connectivity index (χ3n) is 3.04. The zero-order valence-corrected chi connectivity index (χ0v) is 9.77. The summed E-state index contributed by atoms with van der Waals surface area (Å²) >= 11 is 0. The van der Waals surface area contributed by atoms with E-state index in [9.17, 15) is 0 Å². The minimum atomic E-state index is 0.595. The third-order valence-corrected chi connectivity index (χ3v) is 3.04. The number of piperazine rings is 1. The lowest BCUT2D eigenvalue weighted by Crippen LogP contribution is -2.53. The zero-order chi connectivity index (χ0) is 10.8. The third kappa shape index (κ3) is 2.58. The van der Waals surface area contributed by atoms with Gasteiger partial charge in [-0.25, -0.2) is 0 Å². The van der Waals surface area contributed by atoms with Crippen LogP contribution in [0.15, 0.2) is 12.4 Å². The maximum absolute atomic E-state index is 4.20. The fourth-order valence-electron chi connectivity index (χ4n) is 2.11. The highest BCUT2D eigenvalue weighted by Crippen LogP contribution is 2.11. The van der Waals surface area contributed by atoms with Crippen molar-refractivity contribution in [3.8, 4) is 0 Å². The summed E-state index contributed by atoms with van der Waals surface area (Å²) in [6.07, 6.45) is 4.05. The summed E-state index contributed by atoms with van der Waals surface area (Å²) in [5, 5.41) is 7.69. The molecular weight excluding hydrogens is 188 g/mol. The molecule has 4 heteroatoms. The molecule has 0 bridgehead atoms. The molecule has 2 atom stereocenters. The summed E-state index contributed by atoms with van der Waals surface area (Å²) < 4.78 is 1.87. The molecule has 1 aliphatic rings. The average molecular weight is 208 g/mol. The van der Waals surface area contributed by atoms with Gasteiger partial charge in [0.15, 0.2) is 0 Å². The molecule has 2 unspecified atom stereocenters. The van der Waals surface area contributed by atoms with E-state index in [2.05, 4.69) is 35.4 Å². The van der Waals surface area contributed by atoms with Crippen molar-refractivity contribution in [1.29, 1.82) is 0 Å². The van der Waals surface area contributed by atoms with Crippen LogP contribution in [0.1, 0.15) is 19.4 Å².